The second-order valence-electron chi connectivity index (χ2n) is 5.93. The maximum Gasteiger partial charge on any atom is 0.209 e. The minimum Gasteiger partial charge on any atom is -0.489 e. The van der Waals surface area contributed by atoms with Crippen molar-refractivity contribution in [3.63, 3.8) is 0 Å². The number of hydrogen-bond donors (Lipinski definition) is 1. The topological polar surface area (TPSA) is 87.2 Å². The summed E-state index contributed by atoms with van der Waals surface area (Å²) in [6, 6.07) is 0. The average Bonchev–Trinajstić information content (AvgIpc) is 2.83. The van der Waals surface area contributed by atoms with Crippen LogP contribution in [0.5, 0.6) is 5.75 Å². The summed E-state index contributed by atoms with van der Waals surface area (Å²) in [5, 5.41) is 9.54. The summed E-state index contributed by atoms with van der Waals surface area (Å²) < 4.78 is 30.6. The van der Waals surface area contributed by atoms with Crippen LogP contribution in [0.1, 0.15) is 37.1 Å². The van der Waals surface area contributed by atoms with E-state index in [-0.39, 0.29) is 11.2 Å². The molecule has 0 aliphatic heterocycles. The summed E-state index contributed by atoms with van der Waals surface area (Å²) in [5.74, 6) is 0.756. The van der Waals surface area contributed by atoms with Crippen LogP contribution >= 0.6 is 0 Å². The summed E-state index contributed by atoms with van der Waals surface area (Å²) in [7, 11) is -1.62. The molecule has 20 heavy (non-hydrogen) atoms. The van der Waals surface area contributed by atoms with Crippen LogP contribution in [-0.4, -0.2) is 30.6 Å². The number of aryl methyl sites for hydroxylation is 2. The van der Waals surface area contributed by atoms with Crippen LogP contribution in [0.4, 0.5) is 0 Å². The van der Waals surface area contributed by atoms with Crippen molar-refractivity contribution in [2.75, 3.05) is 12.4 Å². The molecule has 0 atom stereocenters. The Morgan fingerprint density at radius 1 is 1.35 bits per heavy atom. The van der Waals surface area contributed by atoms with Crippen molar-refractivity contribution >= 4 is 10.0 Å². The summed E-state index contributed by atoms with van der Waals surface area (Å²) in [6.45, 7) is 4.22. The van der Waals surface area contributed by atoms with Crippen molar-refractivity contribution < 1.29 is 13.2 Å². The highest BCUT2D eigenvalue weighted by molar-refractivity contribution is 7.89. The first kappa shape index (κ1) is 15.3. The molecule has 0 spiro atoms. The van der Waals surface area contributed by atoms with Crippen LogP contribution in [0.3, 0.4) is 0 Å². The van der Waals surface area contributed by atoms with Gasteiger partial charge in [0.2, 0.25) is 10.0 Å². The lowest BCUT2D eigenvalue weighted by atomic mass is 9.90. The predicted molar refractivity (Wildman–Crippen MR) is 77.1 cm³/mol. The largest absolute Gasteiger partial charge is 0.489 e. The van der Waals surface area contributed by atoms with E-state index < -0.39 is 10.0 Å². The Morgan fingerprint density at radius 2 is 1.95 bits per heavy atom. The molecule has 1 fully saturated rings. The molecule has 7 heteroatoms. The molecule has 1 aliphatic carbocycles. The first-order valence-corrected chi connectivity index (χ1v) is 8.57. The number of sulfonamides is 1. The number of ether oxygens (including phenoxy) is 1. The first-order chi connectivity index (χ1) is 9.22. The number of rotatable bonds is 5. The standard InChI is InChI=1S/C13H23N3O3S/c1-10-12(11(2)16(3)15-10)19-8-13(6-4-5-7-13)9-20(14,17)18/h4-9H2,1-3H3,(H2,14,17,18). The molecule has 1 heterocycles. The fourth-order valence-electron chi connectivity index (χ4n) is 3.07. The Balaban J connectivity index is 2.14. The van der Waals surface area contributed by atoms with Crippen molar-refractivity contribution in [3.8, 4) is 5.75 Å². The van der Waals surface area contributed by atoms with Crippen LogP contribution in [0.15, 0.2) is 0 Å². The molecule has 0 bridgehead atoms. The van der Waals surface area contributed by atoms with Crippen molar-refractivity contribution in [1.82, 2.24) is 9.78 Å². The van der Waals surface area contributed by atoms with Crippen LogP contribution in [0, 0.1) is 19.3 Å². The quantitative estimate of drug-likeness (QED) is 0.887. The molecule has 2 rings (SSSR count). The lowest BCUT2D eigenvalue weighted by Gasteiger charge is -2.27. The van der Waals surface area contributed by atoms with Crippen LogP contribution in [0.25, 0.3) is 0 Å². The second kappa shape index (κ2) is 5.37. The van der Waals surface area contributed by atoms with Gasteiger partial charge in [-0.25, -0.2) is 13.6 Å². The zero-order chi connectivity index (χ0) is 15.0. The van der Waals surface area contributed by atoms with Gasteiger partial charge in [0, 0.05) is 12.5 Å². The first-order valence-electron chi connectivity index (χ1n) is 6.86. The number of primary sulfonamides is 1. The Labute approximate surface area is 120 Å². The van der Waals surface area contributed by atoms with Crippen LogP contribution in [-0.2, 0) is 17.1 Å². The van der Waals surface area contributed by atoms with E-state index in [4.69, 9.17) is 9.88 Å². The van der Waals surface area contributed by atoms with Crippen molar-refractivity contribution in [3.05, 3.63) is 11.4 Å². The predicted octanol–water partition coefficient (Wildman–Crippen LogP) is 1.26. The molecule has 1 aromatic rings. The van der Waals surface area contributed by atoms with E-state index in [1.54, 1.807) is 4.68 Å². The lowest BCUT2D eigenvalue weighted by Crippen LogP contribution is -2.36. The van der Waals surface area contributed by atoms with Crippen molar-refractivity contribution in [2.24, 2.45) is 17.6 Å². The fourth-order valence-corrected chi connectivity index (χ4v) is 4.30. The van der Waals surface area contributed by atoms with Gasteiger partial charge >= 0.3 is 0 Å². The van der Waals surface area contributed by atoms with E-state index in [0.717, 1.165) is 42.8 Å². The number of nitrogens with zero attached hydrogens (tertiary/aromatic N) is 2. The molecule has 1 aliphatic rings. The average molecular weight is 301 g/mol. The lowest BCUT2D eigenvalue weighted by molar-refractivity contribution is 0.169. The van der Waals surface area contributed by atoms with Gasteiger partial charge in [-0.2, -0.15) is 5.10 Å². The van der Waals surface area contributed by atoms with Crippen LogP contribution in [0.2, 0.25) is 0 Å². The van der Waals surface area contributed by atoms with Gasteiger partial charge < -0.3 is 4.74 Å². The van der Waals surface area contributed by atoms with Crippen molar-refractivity contribution in [1.29, 1.82) is 0 Å². The normalized spacial score (nSPS) is 18.4. The molecule has 0 amide bonds. The Morgan fingerprint density at radius 3 is 2.40 bits per heavy atom. The smallest absolute Gasteiger partial charge is 0.209 e. The molecule has 6 nitrogen and oxygen atoms in total. The van der Waals surface area contributed by atoms with E-state index in [9.17, 15) is 8.42 Å². The highest BCUT2D eigenvalue weighted by Gasteiger charge is 2.38. The molecule has 0 radical (unpaired) electrons. The third kappa shape index (κ3) is 3.32. The molecule has 2 N–H and O–H groups in total. The maximum atomic E-state index is 11.4. The molecule has 1 saturated carbocycles. The number of nitrogens with two attached hydrogens (primary N) is 1. The van der Waals surface area contributed by atoms with Gasteiger partial charge in [0.25, 0.3) is 0 Å². The van der Waals surface area contributed by atoms with Gasteiger partial charge in [-0.3, -0.25) is 4.68 Å². The zero-order valence-electron chi connectivity index (χ0n) is 12.3. The zero-order valence-corrected chi connectivity index (χ0v) is 13.2. The Bertz CT molecular complexity index is 586. The summed E-state index contributed by atoms with van der Waals surface area (Å²) >= 11 is 0. The highest BCUT2D eigenvalue weighted by atomic mass is 32.2. The summed E-state index contributed by atoms with van der Waals surface area (Å²) in [5.41, 5.74) is 1.43. The van der Waals surface area contributed by atoms with Gasteiger partial charge in [0.05, 0.1) is 18.1 Å². The molecular formula is C13H23N3O3S. The van der Waals surface area contributed by atoms with Gasteiger partial charge in [-0.1, -0.05) is 12.8 Å². The van der Waals surface area contributed by atoms with Crippen LogP contribution < -0.4 is 9.88 Å². The molecule has 0 aromatic carbocycles. The number of hydrogen-bond acceptors (Lipinski definition) is 4. The SMILES string of the molecule is Cc1nn(C)c(C)c1OCC1(CS(N)(=O)=O)CCCC1. The van der Waals surface area contributed by atoms with E-state index >= 15 is 0 Å². The molecular weight excluding hydrogens is 278 g/mol. The van der Waals surface area contributed by atoms with Crippen molar-refractivity contribution in [2.45, 2.75) is 39.5 Å². The third-order valence-electron chi connectivity index (χ3n) is 4.14. The van der Waals surface area contributed by atoms with Gasteiger partial charge in [-0.05, 0) is 26.7 Å². The highest BCUT2D eigenvalue weighted by Crippen LogP contribution is 2.40. The third-order valence-corrected chi connectivity index (χ3v) is 5.15. The van der Waals surface area contributed by atoms with Gasteiger partial charge in [0.1, 0.15) is 5.69 Å². The van der Waals surface area contributed by atoms with E-state index in [2.05, 4.69) is 5.10 Å². The van der Waals surface area contributed by atoms with E-state index in [1.807, 2.05) is 20.9 Å². The van der Waals surface area contributed by atoms with E-state index in [1.165, 1.54) is 0 Å². The maximum absolute atomic E-state index is 11.4. The fraction of sp³-hybridized carbons (Fsp3) is 0.769. The second-order valence-corrected chi connectivity index (χ2v) is 7.54. The minimum absolute atomic E-state index is 0.00163. The Hall–Kier alpha value is -1.08. The summed E-state index contributed by atoms with van der Waals surface area (Å²) in [4.78, 5) is 0. The molecule has 114 valence electrons. The minimum atomic E-state index is -3.49. The van der Waals surface area contributed by atoms with E-state index in [0.29, 0.717) is 6.61 Å². The monoisotopic (exact) mass is 301 g/mol. The molecule has 0 unspecified atom stereocenters. The van der Waals surface area contributed by atoms with Gasteiger partial charge in [0.15, 0.2) is 5.75 Å². The Kier molecular flexibility index (Phi) is 4.11. The summed E-state index contributed by atoms with van der Waals surface area (Å²) in [6.07, 6.45) is 3.76. The molecule has 1 aromatic heterocycles. The number of aromatic nitrogens is 2. The van der Waals surface area contributed by atoms with Gasteiger partial charge in [-0.15, -0.1) is 0 Å². The molecule has 0 saturated heterocycles.